The lowest BCUT2D eigenvalue weighted by molar-refractivity contribution is 0.201. The summed E-state index contributed by atoms with van der Waals surface area (Å²) < 4.78 is 0. The molecule has 0 saturated heterocycles. The van der Waals surface area contributed by atoms with Crippen LogP contribution in [-0.2, 0) is 0 Å². The molecule has 90 valence electrons. The largest absolute Gasteiger partial charge is 0.386 e. The zero-order valence-corrected chi connectivity index (χ0v) is 11.8. The van der Waals surface area contributed by atoms with Crippen molar-refractivity contribution in [3.63, 3.8) is 0 Å². The summed E-state index contributed by atoms with van der Waals surface area (Å²) in [7, 11) is -1.75. The first kappa shape index (κ1) is 14.6. The smallest absolute Gasteiger partial charge is 0.122 e. The summed E-state index contributed by atoms with van der Waals surface area (Å²) in [5.74, 6) is 0.433. The normalized spacial score (nSPS) is 17.6. The lowest BCUT2D eigenvalue weighted by atomic mass is 10.3. The van der Waals surface area contributed by atoms with Gasteiger partial charge in [0.05, 0.1) is 8.07 Å². The predicted molar refractivity (Wildman–Crippen MR) is 70.0 cm³/mol. The standard InChI is InChI=1S/C11H26N2OSi/c1-6-13-10(12)11(5,14)15(7-2,8-3)9-4/h14H,6-9H2,1-5H3,(H2,12,13). The Morgan fingerprint density at radius 3 is 1.87 bits per heavy atom. The fourth-order valence-electron chi connectivity index (χ4n) is 2.38. The highest BCUT2D eigenvalue weighted by molar-refractivity contribution is 6.85. The third-order valence-electron chi connectivity index (χ3n) is 3.89. The van der Waals surface area contributed by atoms with Crippen molar-refractivity contribution >= 4 is 13.9 Å². The van der Waals surface area contributed by atoms with Gasteiger partial charge in [-0.15, -0.1) is 0 Å². The lowest BCUT2D eigenvalue weighted by Crippen LogP contribution is -2.62. The number of hydrogen-bond acceptors (Lipinski definition) is 2. The van der Waals surface area contributed by atoms with Gasteiger partial charge in [-0.3, -0.25) is 4.99 Å². The Kier molecular flexibility index (Phi) is 5.52. The van der Waals surface area contributed by atoms with Crippen LogP contribution in [0.15, 0.2) is 4.99 Å². The molecule has 1 unspecified atom stereocenters. The molecule has 0 aliphatic heterocycles. The van der Waals surface area contributed by atoms with Crippen LogP contribution in [0.3, 0.4) is 0 Å². The average Bonchev–Trinajstić information content (AvgIpc) is 2.21. The minimum Gasteiger partial charge on any atom is -0.386 e. The molecule has 0 aromatic heterocycles. The second-order valence-electron chi connectivity index (χ2n) is 4.27. The highest BCUT2D eigenvalue weighted by Gasteiger charge is 2.47. The van der Waals surface area contributed by atoms with Crippen molar-refractivity contribution < 1.29 is 5.11 Å². The summed E-state index contributed by atoms with van der Waals surface area (Å²) >= 11 is 0. The van der Waals surface area contributed by atoms with Crippen molar-refractivity contribution in [2.45, 2.75) is 58.0 Å². The van der Waals surface area contributed by atoms with E-state index in [1.54, 1.807) is 0 Å². The van der Waals surface area contributed by atoms with Gasteiger partial charge in [-0.1, -0.05) is 38.9 Å². The second-order valence-corrected chi connectivity index (χ2v) is 9.93. The summed E-state index contributed by atoms with van der Waals surface area (Å²) in [4.78, 5) is 4.19. The van der Waals surface area contributed by atoms with E-state index in [0.29, 0.717) is 12.4 Å². The van der Waals surface area contributed by atoms with Crippen molar-refractivity contribution in [1.82, 2.24) is 0 Å². The van der Waals surface area contributed by atoms with E-state index in [1.807, 2.05) is 13.8 Å². The number of nitrogens with two attached hydrogens (primary N) is 1. The first-order valence-electron chi connectivity index (χ1n) is 5.94. The van der Waals surface area contributed by atoms with Crippen molar-refractivity contribution in [3.05, 3.63) is 0 Å². The fraction of sp³-hybridized carbons (Fsp3) is 0.909. The summed E-state index contributed by atoms with van der Waals surface area (Å²) in [5, 5.41) is 9.77. The molecule has 0 rings (SSSR count). The third kappa shape index (κ3) is 2.61. The minimum atomic E-state index is -1.75. The number of rotatable bonds is 6. The van der Waals surface area contributed by atoms with Crippen LogP contribution in [0, 0.1) is 0 Å². The maximum absolute atomic E-state index is 10.6. The van der Waals surface area contributed by atoms with Crippen LogP contribution in [-0.4, -0.2) is 30.8 Å². The van der Waals surface area contributed by atoms with E-state index in [2.05, 4.69) is 25.8 Å². The van der Waals surface area contributed by atoms with E-state index >= 15 is 0 Å². The highest BCUT2D eigenvalue weighted by Crippen LogP contribution is 2.32. The Morgan fingerprint density at radius 2 is 1.60 bits per heavy atom. The lowest BCUT2D eigenvalue weighted by Gasteiger charge is -2.41. The maximum atomic E-state index is 10.6. The molecule has 15 heavy (non-hydrogen) atoms. The maximum Gasteiger partial charge on any atom is 0.122 e. The first-order valence-corrected chi connectivity index (χ1v) is 8.56. The molecule has 4 heteroatoms. The van der Waals surface area contributed by atoms with Gasteiger partial charge in [-0.05, 0) is 13.8 Å². The van der Waals surface area contributed by atoms with Crippen LogP contribution in [0.25, 0.3) is 0 Å². The predicted octanol–water partition coefficient (Wildman–Crippen LogP) is 2.16. The zero-order valence-electron chi connectivity index (χ0n) is 10.8. The Balaban J connectivity index is 5.19. The number of amidine groups is 1. The number of aliphatic imine (C=N–C) groups is 1. The highest BCUT2D eigenvalue weighted by atomic mass is 28.3. The summed E-state index contributed by atoms with van der Waals surface area (Å²) in [6.07, 6.45) is 0. The van der Waals surface area contributed by atoms with Gasteiger partial charge >= 0.3 is 0 Å². The van der Waals surface area contributed by atoms with Crippen LogP contribution in [0.5, 0.6) is 0 Å². The number of nitrogens with zero attached hydrogens (tertiary/aromatic N) is 1. The van der Waals surface area contributed by atoms with Crippen molar-refractivity contribution in [1.29, 1.82) is 0 Å². The van der Waals surface area contributed by atoms with E-state index in [0.717, 1.165) is 18.1 Å². The molecule has 0 amide bonds. The van der Waals surface area contributed by atoms with Gasteiger partial charge in [0.25, 0.3) is 0 Å². The molecule has 3 N–H and O–H groups in total. The summed E-state index contributed by atoms with van der Waals surface area (Å²) in [6, 6.07) is 3.15. The topological polar surface area (TPSA) is 58.6 Å². The second kappa shape index (κ2) is 5.65. The van der Waals surface area contributed by atoms with E-state index in [1.165, 1.54) is 0 Å². The molecule has 1 atom stereocenters. The molecular weight excluding hydrogens is 204 g/mol. The molecule has 0 aromatic carbocycles. The molecular formula is C11H26N2OSi. The van der Waals surface area contributed by atoms with Crippen LogP contribution in [0.2, 0.25) is 18.1 Å². The van der Waals surface area contributed by atoms with Gasteiger partial charge < -0.3 is 10.8 Å². The molecule has 0 bridgehead atoms. The van der Waals surface area contributed by atoms with Crippen LogP contribution in [0.1, 0.15) is 34.6 Å². The summed E-state index contributed by atoms with van der Waals surface area (Å²) in [5.41, 5.74) is 5.91. The quantitative estimate of drug-likeness (QED) is 0.417. The van der Waals surface area contributed by atoms with Gasteiger partial charge in [0.1, 0.15) is 11.1 Å². The molecule has 0 heterocycles. The SMILES string of the molecule is CCN=C(N)C(C)(O)[Si](CC)(CC)CC. The van der Waals surface area contributed by atoms with Crippen molar-refractivity contribution in [2.24, 2.45) is 10.7 Å². The molecule has 0 fully saturated rings. The number of aliphatic hydroxyl groups is 1. The molecule has 0 radical (unpaired) electrons. The van der Waals surface area contributed by atoms with Crippen molar-refractivity contribution in [3.8, 4) is 0 Å². The minimum absolute atomic E-state index is 0.433. The van der Waals surface area contributed by atoms with E-state index < -0.39 is 13.3 Å². The van der Waals surface area contributed by atoms with E-state index in [-0.39, 0.29) is 0 Å². The van der Waals surface area contributed by atoms with Crippen LogP contribution < -0.4 is 5.73 Å². The molecule has 0 spiro atoms. The molecule has 0 aliphatic rings. The third-order valence-corrected chi connectivity index (χ3v) is 10.3. The molecule has 0 saturated carbocycles. The Bertz CT molecular complexity index is 214. The van der Waals surface area contributed by atoms with Crippen molar-refractivity contribution in [2.75, 3.05) is 6.54 Å². The monoisotopic (exact) mass is 230 g/mol. The first-order chi connectivity index (χ1) is 6.91. The van der Waals surface area contributed by atoms with Gasteiger partial charge in [0, 0.05) is 6.54 Å². The van der Waals surface area contributed by atoms with Gasteiger partial charge in [0.15, 0.2) is 0 Å². The zero-order chi connectivity index (χ0) is 12.1. The Morgan fingerprint density at radius 1 is 1.20 bits per heavy atom. The van der Waals surface area contributed by atoms with Gasteiger partial charge in [0.2, 0.25) is 0 Å². The van der Waals surface area contributed by atoms with E-state index in [9.17, 15) is 5.11 Å². The van der Waals surface area contributed by atoms with Crippen LogP contribution in [0.4, 0.5) is 0 Å². The molecule has 0 aromatic rings. The van der Waals surface area contributed by atoms with Gasteiger partial charge in [-0.25, -0.2) is 0 Å². The number of hydrogen-bond donors (Lipinski definition) is 2. The van der Waals surface area contributed by atoms with Gasteiger partial charge in [-0.2, -0.15) is 0 Å². The average molecular weight is 230 g/mol. The van der Waals surface area contributed by atoms with Crippen LogP contribution >= 0.6 is 0 Å². The molecule has 0 aliphatic carbocycles. The Hall–Kier alpha value is -0.353. The summed E-state index contributed by atoms with van der Waals surface area (Å²) in [6.45, 7) is 10.9. The Labute approximate surface area is 94.8 Å². The van der Waals surface area contributed by atoms with E-state index in [4.69, 9.17) is 5.73 Å². The fourth-order valence-corrected chi connectivity index (χ4v) is 6.57. The molecule has 3 nitrogen and oxygen atoms in total.